The fourth-order valence-corrected chi connectivity index (χ4v) is 4.06. The number of hydrogen-bond acceptors (Lipinski definition) is 2. The Morgan fingerprint density at radius 3 is 2.28 bits per heavy atom. The molecule has 0 unspecified atom stereocenters. The van der Waals surface area contributed by atoms with Gasteiger partial charge in [-0.15, -0.1) is 6.58 Å². The summed E-state index contributed by atoms with van der Waals surface area (Å²) in [7, 11) is -1.33. The molecule has 0 radical (unpaired) electrons. The van der Waals surface area contributed by atoms with Crippen LogP contribution in [0.1, 0.15) is 5.56 Å². The lowest BCUT2D eigenvalue weighted by Gasteiger charge is -2.41. The van der Waals surface area contributed by atoms with E-state index >= 15 is 0 Å². The van der Waals surface area contributed by atoms with E-state index in [2.05, 4.69) is 65.2 Å². The van der Waals surface area contributed by atoms with Gasteiger partial charge in [0.15, 0.2) is 0 Å². The molecule has 1 saturated heterocycles. The third-order valence-corrected chi connectivity index (χ3v) is 7.01. The van der Waals surface area contributed by atoms with Gasteiger partial charge in [-0.2, -0.15) is 0 Å². The van der Waals surface area contributed by atoms with Crippen LogP contribution in [0.5, 0.6) is 0 Å². The fraction of sp³-hybridized carbons (Fsp3) is 0.467. The largest absolute Gasteiger partial charge is 0.318 e. The first-order chi connectivity index (χ1) is 8.62. The molecule has 18 heavy (non-hydrogen) atoms. The molecule has 0 saturated carbocycles. The summed E-state index contributed by atoms with van der Waals surface area (Å²) in [5, 5.41) is 0. The Labute approximate surface area is 112 Å². The number of rotatable bonds is 4. The van der Waals surface area contributed by atoms with Crippen molar-refractivity contribution in [2.24, 2.45) is 0 Å². The molecule has 1 fully saturated rings. The van der Waals surface area contributed by atoms with Gasteiger partial charge >= 0.3 is 0 Å². The minimum atomic E-state index is -1.33. The summed E-state index contributed by atoms with van der Waals surface area (Å²) in [6, 6.07) is 10.8. The summed E-state index contributed by atoms with van der Waals surface area (Å²) in [5.41, 5.74) is 3.62. The first-order valence-electron chi connectivity index (χ1n) is 6.77. The van der Waals surface area contributed by atoms with Crippen molar-refractivity contribution in [1.29, 1.82) is 0 Å². The van der Waals surface area contributed by atoms with Gasteiger partial charge in [-0.25, -0.2) is 0 Å². The van der Waals surface area contributed by atoms with Crippen LogP contribution in [-0.2, 0) is 6.54 Å². The number of nitrogens with zero attached hydrogens (tertiary/aromatic N) is 2. The molecule has 1 aliphatic heterocycles. The van der Waals surface area contributed by atoms with E-state index in [9.17, 15) is 0 Å². The molecule has 3 heteroatoms. The average Bonchev–Trinajstić information content (AvgIpc) is 2.40. The highest BCUT2D eigenvalue weighted by Gasteiger charge is 2.29. The zero-order valence-electron chi connectivity index (χ0n) is 11.6. The van der Waals surface area contributed by atoms with E-state index < -0.39 is 8.24 Å². The molecule has 1 heterocycles. The Bertz CT molecular complexity index is 381. The predicted molar refractivity (Wildman–Crippen MR) is 81.0 cm³/mol. The molecule has 1 aromatic carbocycles. The topological polar surface area (TPSA) is 6.48 Å². The highest BCUT2D eigenvalue weighted by atomic mass is 28.3. The molecule has 0 amide bonds. The van der Waals surface area contributed by atoms with E-state index in [1.165, 1.54) is 31.7 Å². The minimum Gasteiger partial charge on any atom is -0.318 e. The summed E-state index contributed by atoms with van der Waals surface area (Å²) in [4.78, 5) is 2.55. The number of hydrogen-bond donors (Lipinski definition) is 0. The van der Waals surface area contributed by atoms with Gasteiger partial charge in [0.05, 0.1) is 0 Å². The van der Waals surface area contributed by atoms with E-state index in [0.717, 1.165) is 6.54 Å². The Morgan fingerprint density at radius 1 is 1.11 bits per heavy atom. The van der Waals surface area contributed by atoms with E-state index in [0.29, 0.717) is 0 Å². The van der Waals surface area contributed by atoms with Crippen LogP contribution >= 0.6 is 0 Å². The molecule has 0 spiro atoms. The van der Waals surface area contributed by atoms with Crippen molar-refractivity contribution in [3.8, 4) is 0 Å². The van der Waals surface area contributed by atoms with Crippen molar-refractivity contribution in [2.75, 3.05) is 26.2 Å². The maximum atomic E-state index is 4.00. The quantitative estimate of drug-likeness (QED) is 0.768. The van der Waals surface area contributed by atoms with Gasteiger partial charge in [0, 0.05) is 32.7 Å². The van der Waals surface area contributed by atoms with Crippen molar-refractivity contribution >= 4 is 8.24 Å². The zero-order chi connectivity index (χ0) is 13.0. The van der Waals surface area contributed by atoms with Crippen LogP contribution in [0.2, 0.25) is 13.1 Å². The first kappa shape index (κ1) is 13.5. The summed E-state index contributed by atoms with van der Waals surface area (Å²) < 4.78 is 2.65. The lowest BCUT2D eigenvalue weighted by atomic mass is 10.2. The van der Waals surface area contributed by atoms with E-state index in [-0.39, 0.29) is 0 Å². The van der Waals surface area contributed by atoms with Crippen LogP contribution in [-0.4, -0.2) is 43.9 Å². The first-order valence-corrected chi connectivity index (χ1v) is 9.79. The minimum absolute atomic E-state index is 1.09. The predicted octanol–water partition coefficient (Wildman–Crippen LogP) is 2.73. The maximum absolute atomic E-state index is 4.00. The van der Waals surface area contributed by atoms with Gasteiger partial charge in [-0.05, 0) is 5.56 Å². The molecule has 98 valence electrons. The second-order valence-corrected chi connectivity index (χ2v) is 9.95. The molecule has 1 aromatic rings. The van der Waals surface area contributed by atoms with Crippen LogP contribution in [0, 0.1) is 0 Å². The van der Waals surface area contributed by atoms with Crippen LogP contribution in [0.15, 0.2) is 42.6 Å². The Balaban J connectivity index is 1.86. The Hall–Kier alpha value is -0.903. The second kappa shape index (κ2) is 5.82. The molecule has 0 bridgehead atoms. The van der Waals surface area contributed by atoms with Crippen molar-refractivity contribution in [1.82, 2.24) is 9.47 Å². The Kier molecular flexibility index (Phi) is 4.38. The summed E-state index contributed by atoms with van der Waals surface area (Å²) in [6.45, 7) is 14.6. The smallest absolute Gasteiger partial charge is 0.146 e. The van der Waals surface area contributed by atoms with Gasteiger partial charge in [0.2, 0.25) is 0 Å². The molecule has 1 aliphatic rings. The number of piperazine rings is 1. The van der Waals surface area contributed by atoms with Gasteiger partial charge in [0.25, 0.3) is 0 Å². The summed E-state index contributed by atoms with van der Waals surface area (Å²) >= 11 is 0. The molecular formula is C15H24N2Si. The van der Waals surface area contributed by atoms with Crippen LogP contribution in [0.3, 0.4) is 0 Å². The lowest BCUT2D eigenvalue weighted by Crippen LogP contribution is -2.56. The number of benzene rings is 1. The van der Waals surface area contributed by atoms with Gasteiger partial charge < -0.3 is 4.57 Å². The van der Waals surface area contributed by atoms with E-state index in [4.69, 9.17) is 0 Å². The highest BCUT2D eigenvalue weighted by Crippen LogP contribution is 2.15. The van der Waals surface area contributed by atoms with Crippen LogP contribution in [0.4, 0.5) is 0 Å². The second-order valence-electron chi connectivity index (χ2n) is 5.61. The normalized spacial score (nSPS) is 18.8. The van der Waals surface area contributed by atoms with Crippen molar-refractivity contribution in [2.45, 2.75) is 19.6 Å². The Morgan fingerprint density at radius 2 is 1.72 bits per heavy atom. The maximum Gasteiger partial charge on any atom is 0.146 e. The van der Waals surface area contributed by atoms with Gasteiger partial charge in [-0.1, -0.05) is 49.1 Å². The SMILES string of the molecule is C=C[Si](C)(C)N1CCN(Cc2ccccc2)CC1. The molecule has 0 N–H and O–H groups in total. The molecule has 2 rings (SSSR count). The standard InChI is InChI=1S/C15H24N2Si/c1-4-18(2,3)17-12-10-16(11-13-17)14-15-8-6-5-7-9-15/h4-9H,1,10-14H2,2-3H3. The summed E-state index contributed by atoms with van der Waals surface area (Å²) in [5.74, 6) is 0. The van der Waals surface area contributed by atoms with E-state index in [1.54, 1.807) is 0 Å². The summed E-state index contributed by atoms with van der Waals surface area (Å²) in [6.07, 6.45) is 0. The average molecular weight is 260 g/mol. The van der Waals surface area contributed by atoms with E-state index in [1.807, 2.05) is 0 Å². The third kappa shape index (κ3) is 3.31. The van der Waals surface area contributed by atoms with Gasteiger partial charge in [-0.3, -0.25) is 4.90 Å². The molecular weight excluding hydrogens is 236 g/mol. The van der Waals surface area contributed by atoms with Crippen LogP contribution in [0.25, 0.3) is 0 Å². The molecule has 0 aliphatic carbocycles. The van der Waals surface area contributed by atoms with Crippen molar-refractivity contribution in [3.05, 3.63) is 48.2 Å². The van der Waals surface area contributed by atoms with Crippen molar-refractivity contribution < 1.29 is 0 Å². The van der Waals surface area contributed by atoms with Gasteiger partial charge in [0.1, 0.15) is 8.24 Å². The molecule has 0 atom stereocenters. The highest BCUT2D eigenvalue weighted by molar-refractivity contribution is 6.79. The monoisotopic (exact) mass is 260 g/mol. The zero-order valence-corrected chi connectivity index (χ0v) is 12.6. The van der Waals surface area contributed by atoms with Crippen molar-refractivity contribution in [3.63, 3.8) is 0 Å². The van der Waals surface area contributed by atoms with Crippen LogP contribution < -0.4 is 0 Å². The molecule has 2 nitrogen and oxygen atoms in total. The third-order valence-electron chi connectivity index (χ3n) is 3.94. The molecule has 0 aromatic heterocycles. The lowest BCUT2D eigenvalue weighted by molar-refractivity contribution is 0.178. The fourth-order valence-electron chi connectivity index (χ4n) is 2.45.